The summed E-state index contributed by atoms with van der Waals surface area (Å²) in [4.78, 5) is 16.0. The molecule has 0 saturated heterocycles. The van der Waals surface area contributed by atoms with Crippen LogP contribution in [0.25, 0.3) is 0 Å². The normalized spacial score (nSPS) is 11.1. The van der Waals surface area contributed by atoms with Crippen molar-refractivity contribution in [3.63, 3.8) is 0 Å². The van der Waals surface area contributed by atoms with Crippen molar-refractivity contribution in [2.45, 2.75) is 17.9 Å². The van der Waals surface area contributed by atoms with E-state index < -0.39 is 10.0 Å². The van der Waals surface area contributed by atoms with Gasteiger partial charge < -0.3 is 5.32 Å². The molecule has 0 unspecified atom stereocenters. The highest BCUT2D eigenvalue weighted by atomic mass is 35.5. The van der Waals surface area contributed by atoms with Crippen molar-refractivity contribution in [3.8, 4) is 0 Å². The van der Waals surface area contributed by atoms with Gasteiger partial charge in [0.25, 0.3) is 10.0 Å². The second-order valence-corrected chi connectivity index (χ2v) is 8.77. The van der Waals surface area contributed by atoms with Gasteiger partial charge in [-0.15, -0.1) is 0 Å². The molecule has 0 aliphatic rings. The zero-order valence-electron chi connectivity index (χ0n) is 15.1. The Hall–Kier alpha value is -2.61. The summed E-state index contributed by atoms with van der Waals surface area (Å²) in [6.07, 6.45) is 3.51. The SMILES string of the molecule is O=C(Cc1ccc(NS(=O)(=O)c2cc(Cl)cc(Cl)c2)cc1)NCc1ccncc1. The van der Waals surface area contributed by atoms with Crippen LogP contribution in [0.1, 0.15) is 11.1 Å². The Kier molecular flexibility index (Phi) is 6.74. The molecular weight excluding hydrogens is 433 g/mol. The first-order chi connectivity index (χ1) is 13.8. The van der Waals surface area contributed by atoms with Gasteiger partial charge in [0.1, 0.15) is 0 Å². The molecule has 0 spiro atoms. The first kappa shape index (κ1) is 21.1. The molecule has 1 heterocycles. The summed E-state index contributed by atoms with van der Waals surface area (Å²) in [6, 6.07) is 14.3. The van der Waals surface area contributed by atoms with Gasteiger partial charge in [-0.05, 0) is 53.6 Å². The molecule has 2 aromatic carbocycles. The predicted octanol–water partition coefficient (Wildman–Crippen LogP) is 4.05. The largest absolute Gasteiger partial charge is 0.352 e. The number of amides is 1. The monoisotopic (exact) mass is 449 g/mol. The molecule has 2 N–H and O–H groups in total. The van der Waals surface area contributed by atoms with Crippen LogP contribution in [0.5, 0.6) is 0 Å². The molecule has 3 rings (SSSR count). The van der Waals surface area contributed by atoms with Crippen LogP contribution in [-0.2, 0) is 27.8 Å². The molecule has 0 aliphatic carbocycles. The highest BCUT2D eigenvalue weighted by Crippen LogP contribution is 2.24. The van der Waals surface area contributed by atoms with E-state index in [1.807, 2.05) is 12.1 Å². The standard InChI is InChI=1S/C20H17Cl2N3O3S/c21-16-10-17(22)12-19(11-16)29(27,28)25-18-3-1-14(2-4-18)9-20(26)24-13-15-5-7-23-8-6-15/h1-8,10-12,25H,9,13H2,(H,24,26). The number of halogens is 2. The number of benzene rings is 2. The minimum Gasteiger partial charge on any atom is -0.352 e. The number of nitrogens with zero attached hydrogens (tertiary/aromatic N) is 1. The van der Waals surface area contributed by atoms with E-state index in [9.17, 15) is 13.2 Å². The maximum atomic E-state index is 12.5. The number of pyridine rings is 1. The topological polar surface area (TPSA) is 88.2 Å². The highest BCUT2D eigenvalue weighted by molar-refractivity contribution is 7.92. The number of sulfonamides is 1. The lowest BCUT2D eigenvalue weighted by Gasteiger charge is -2.10. The Morgan fingerprint density at radius 2 is 1.52 bits per heavy atom. The van der Waals surface area contributed by atoms with Crippen LogP contribution in [0, 0.1) is 0 Å². The fraction of sp³-hybridized carbons (Fsp3) is 0.100. The van der Waals surface area contributed by atoms with Gasteiger partial charge in [-0.3, -0.25) is 14.5 Å². The average molecular weight is 450 g/mol. The molecule has 6 nitrogen and oxygen atoms in total. The highest BCUT2D eigenvalue weighted by Gasteiger charge is 2.16. The summed E-state index contributed by atoms with van der Waals surface area (Å²) in [5, 5.41) is 3.28. The van der Waals surface area contributed by atoms with Crippen LogP contribution in [0.2, 0.25) is 10.0 Å². The van der Waals surface area contributed by atoms with Crippen molar-refractivity contribution in [1.82, 2.24) is 10.3 Å². The first-order valence-corrected chi connectivity index (χ1v) is 10.8. The van der Waals surface area contributed by atoms with E-state index in [1.54, 1.807) is 36.7 Å². The summed E-state index contributed by atoms with van der Waals surface area (Å²) in [5.74, 6) is -0.135. The number of nitrogens with one attached hydrogen (secondary N) is 2. The lowest BCUT2D eigenvalue weighted by atomic mass is 10.1. The number of aromatic nitrogens is 1. The second-order valence-electron chi connectivity index (χ2n) is 6.22. The van der Waals surface area contributed by atoms with Gasteiger partial charge in [0.05, 0.1) is 11.3 Å². The number of rotatable bonds is 7. The summed E-state index contributed by atoms with van der Waals surface area (Å²) >= 11 is 11.8. The molecule has 150 valence electrons. The minimum atomic E-state index is -3.84. The summed E-state index contributed by atoms with van der Waals surface area (Å²) in [6.45, 7) is 0.418. The fourth-order valence-corrected chi connectivity index (χ4v) is 4.32. The third-order valence-corrected chi connectivity index (χ3v) is 5.75. The van der Waals surface area contributed by atoms with Gasteiger partial charge in [-0.2, -0.15) is 0 Å². The molecule has 0 saturated carbocycles. The van der Waals surface area contributed by atoms with Gasteiger partial charge in [0, 0.05) is 34.7 Å². The maximum absolute atomic E-state index is 12.5. The summed E-state index contributed by atoms with van der Waals surface area (Å²) in [5.41, 5.74) is 2.08. The van der Waals surface area contributed by atoms with Crippen LogP contribution in [0.15, 0.2) is 71.9 Å². The second kappa shape index (κ2) is 9.26. The van der Waals surface area contributed by atoms with Gasteiger partial charge in [0.2, 0.25) is 5.91 Å². The fourth-order valence-electron chi connectivity index (χ4n) is 2.54. The first-order valence-electron chi connectivity index (χ1n) is 8.55. The van der Waals surface area contributed by atoms with E-state index in [0.717, 1.165) is 11.1 Å². The van der Waals surface area contributed by atoms with Crippen molar-refractivity contribution in [1.29, 1.82) is 0 Å². The van der Waals surface area contributed by atoms with Crippen molar-refractivity contribution >= 4 is 44.8 Å². The molecule has 0 aliphatic heterocycles. The average Bonchev–Trinajstić information content (AvgIpc) is 2.68. The molecule has 1 aromatic heterocycles. The van der Waals surface area contributed by atoms with Gasteiger partial charge in [0.15, 0.2) is 0 Å². The predicted molar refractivity (Wildman–Crippen MR) is 114 cm³/mol. The molecule has 0 radical (unpaired) electrons. The van der Waals surface area contributed by atoms with Crippen molar-refractivity contribution < 1.29 is 13.2 Å². The van der Waals surface area contributed by atoms with E-state index in [4.69, 9.17) is 23.2 Å². The molecule has 1 amide bonds. The van der Waals surface area contributed by atoms with Gasteiger partial charge in [-0.1, -0.05) is 35.3 Å². The lowest BCUT2D eigenvalue weighted by molar-refractivity contribution is -0.120. The van der Waals surface area contributed by atoms with Gasteiger partial charge >= 0.3 is 0 Å². The molecule has 29 heavy (non-hydrogen) atoms. The molecule has 0 bridgehead atoms. The van der Waals surface area contributed by atoms with Crippen molar-refractivity contribution in [2.75, 3.05) is 4.72 Å². The van der Waals surface area contributed by atoms with Gasteiger partial charge in [-0.25, -0.2) is 8.42 Å². The van der Waals surface area contributed by atoms with Crippen LogP contribution in [-0.4, -0.2) is 19.3 Å². The van der Waals surface area contributed by atoms with Crippen LogP contribution >= 0.6 is 23.2 Å². The Labute approximate surface area is 178 Å². The molecule has 9 heteroatoms. The minimum absolute atomic E-state index is 0.0328. The number of anilines is 1. The third kappa shape index (κ3) is 6.19. The molecule has 0 fully saturated rings. The summed E-state index contributed by atoms with van der Waals surface area (Å²) in [7, 11) is -3.84. The molecule has 0 atom stereocenters. The van der Waals surface area contributed by atoms with E-state index in [2.05, 4.69) is 15.0 Å². The van der Waals surface area contributed by atoms with Crippen molar-refractivity contribution in [2.24, 2.45) is 0 Å². The van der Waals surface area contributed by atoms with Crippen LogP contribution in [0.4, 0.5) is 5.69 Å². The lowest BCUT2D eigenvalue weighted by Crippen LogP contribution is -2.24. The van der Waals surface area contributed by atoms with E-state index in [1.165, 1.54) is 18.2 Å². The van der Waals surface area contributed by atoms with Crippen LogP contribution < -0.4 is 10.0 Å². The third-order valence-electron chi connectivity index (χ3n) is 3.96. The quantitative estimate of drug-likeness (QED) is 0.569. The number of carbonyl (C=O) groups excluding carboxylic acids is 1. The Morgan fingerprint density at radius 1 is 0.897 bits per heavy atom. The number of carbonyl (C=O) groups is 1. The van der Waals surface area contributed by atoms with E-state index in [-0.39, 0.29) is 27.3 Å². The zero-order valence-corrected chi connectivity index (χ0v) is 17.4. The maximum Gasteiger partial charge on any atom is 0.261 e. The molecule has 3 aromatic rings. The van der Waals surface area contributed by atoms with E-state index in [0.29, 0.717) is 12.2 Å². The number of hydrogen-bond acceptors (Lipinski definition) is 4. The van der Waals surface area contributed by atoms with E-state index >= 15 is 0 Å². The number of hydrogen-bond donors (Lipinski definition) is 2. The molecular formula is C20H17Cl2N3O3S. The Morgan fingerprint density at radius 3 is 2.14 bits per heavy atom. The zero-order chi connectivity index (χ0) is 20.9. The summed E-state index contributed by atoms with van der Waals surface area (Å²) < 4.78 is 27.4. The van der Waals surface area contributed by atoms with Crippen LogP contribution in [0.3, 0.4) is 0 Å². The Bertz CT molecular complexity index is 1090. The smallest absolute Gasteiger partial charge is 0.261 e. The van der Waals surface area contributed by atoms with Crippen molar-refractivity contribution in [3.05, 3.63) is 88.2 Å². The Balaban J connectivity index is 1.60.